The smallest absolute Gasteiger partial charge is 0.228 e. The molecule has 3 aromatic rings. The summed E-state index contributed by atoms with van der Waals surface area (Å²) in [6.45, 7) is 0. The molecule has 0 aliphatic heterocycles. The number of aromatic amines is 1. The molecule has 110 valence electrons. The number of rotatable bonds is 3. The first kappa shape index (κ1) is 13.0. The van der Waals surface area contributed by atoms with Gasteiger partial charge in [0.05, 0.1) is 17.1 Å². The van der Waals surface area contributed by atoms with Gasteiger partial charge in [-0.1, -0.05) is 12.1 Å². The van der Waals surface area contributed by atoms with Gasteiger partial charge in [-0.25, -0.2) is 0 Å². The van der Waals surface area contributed by atoms with Crippen LogP contribution in [-0.4, -0.2) is 21.1 Å². The number of aromatic nitrogens is 3. The van der Waals surface area contributed by atoms with Crippen LogP contribution in [0, 0.1) is 0 Å². The predicted molar refractivity (Wildman–Crippen MR) is 83.2 cm³/mol. The third-order valence-electron chi connectivity index (χ3n) is 4.90. The lowest BCUT2D eigenvalue weighted by atomic mass is 9.54. The summed E-state index contributed by atoms with van der Waals surface area (Å²) in [6.07, 6.45) is 7.05. The van der Waals surface area contributed by atoms with Gasteiger partial charge in [0, 0.05) is 23.7 Å². The molecular weight excluding hydrogens is 276 g/mol. The number of pyridine rings is 1. The number of nitrogens with zero attached hydrogens (tertiary/aromatic N) is 2. The van der Waals surface area contributed by atoms with Crippen molar-refractivity contribution in [2.45, 2.75) is 24.2 Å². The van der Waals surface area contributed by atoms with Crippen molar-refractivity contribution in [1.29, 1.82) is 0 Å². The van der Waals surface area contributed by atoms with Gasteiger partial charge < -0.3 is 5.73 Å². The van der Waals surface area contributed by atoms with Crippen LogP contribution >= 0.6 is 0 Å². The van der Waals surface area contributed by atoms with E-state index in [0.717, 1.165) is 34.9 Å². The molecule has 1 fully saturated rings. The molecule has 4 rings (SSSR count). The standard InChI is InChI=1S/C17H16N4O/c18-16(22)17(6-5-14(17)11-2-1-7-19-9-11)13-3-4-15-12(8-13)10-20-21-15/h1-4,7-10,14H,5-6H2,(H2,18,22)(H,20,21). The van der Waals surface area contributed by atoms with Crippen molar-refractivity contribution < 1.29 is 4.79 Å². The summed E-state index contributed by atoms with van der Waals surface area (Å²) in [5.41, 5.74) is 8.18. The molecule has 2 unspecified atom stereocenters. The highest BCUT2D eigenvalue weighted by atomic mass is 16.1. The lowest BCUT2D eigenvalue weighted by molar-refractivity contribution is -0.127. The van der Waals surface area contributed by atoms with Gasteiger partial charge in [0.2, 0.25) is 5.91 Å². The summed E-state index contributed by atoms with van der Waals surface area (Å²) in [6, 6.07) is 9.88. The molecule has 2 heterocycles. The van der Waals surface area contributed by atoms with Crippen LogP contribution in [0.1, 0.15) is 29.9 Å². The number of carbonyl (C=O) groups is 1. The van der Waals surface area contributed by atoms with E-state index in [4.69, 9.17) is 5.73 Å². The Bertz CT molecular complexity index is 842. The number of hydrogen-bond donors (Lipinski definition) is 2. The van der Waals surface area contributed by atoms with E-state index in [1.165, 1.54) is 0 Å². The molecule has 1 amide bonds. The summed E-state index contributed by atoms with van der Waals surface area (Å²) in [7, 11) is 0. The number of H-pyrrole nitrogens is 1. The second-order valence-electron chi connectivity index (χ2n) is 5.89. The lowest BCUT2D eigenvalue weighted by Crippen LogP contribution is -2.52. The molecule has 1 aromatic carbocycles. The van der Waals surface area contributed by atoms with Crippen molar-refractivity contribution >= 4 is 16.8 Å². The minimum atomic E-state index is -0.644. The molecule has 3 N–H and O–H groups in total. The van der Waals surface area contributed by atoms with Crippen LogP contribution in [0.5, 0.6) is 0 Å². The molecule has 22 heavy (non-hydrogen) atoms. The van der Waals surface area contributed by atoms with Gasteiger partial charge >= 0.3 is 0 Å². The summed E-state index contributed by atoms with van der Waals surface area (Å²) in [5.74, 6) is -0.182. The van der Waals surface area contributed by atoms with Crippen LogP contribution in [-0.2, 0) is 10.2 Å². The molecule has 0 bridgehead atoms. The van der Waals surface area contributed by atoms with Crippen molar-refractivity contribution in [2.24, 2.45) is 5.73 Å². The first-order chi connectivity index (χ1) is 10.7. The Morgan fingerprint density at radius 1 is 1.32 bits per heavy atom. The highest BCUT2D eigenvalue weighted by Crippen LogP contribution is 2.54. The van der Waals surface area contributed by atoms with E-state index < -0.39 is 5.41 Å². The van der Waals surface area contributed by atoms with Crippen molar-refractivity contribution in [3.63, 3.8) is 0 Å². The van der Waals surface area contributed by atoms with Crippen molar-refractivity contribution in [3.05, 3.63) is 60.0 Å². The average molecular weight is 292 g/mol. The maximum Gasteiger partial charge on any atom is 0.228 e. The van der Waals surface area contributed by atoms with Gasteiger partial charge in [-0.3, -0.25) is 14.9 Å². The van der Waals surface area contributed by atoms with E-state index in [-0.39, 0.29) is 11.8 Å². The van der Waals surface area contributed by atoms with Gasteiger partial charge in [-0.05, 0) is 42.2 Å². The average Bonchev–Trinajstić information content (AvgIpc) is 2.95. The van der Waals surface area contributed by atoms with Gasteiger partial charge in [-0.2, -0.15) is 5.10 Å². The number of nitrogens with one attached hydrogen (secondary N) is 1. The van der Waals surface area contributed by atoms with E-state index in [2.05, 4.69) is 15.2 Å². The number of primary amides is 1. The van der Waals surface area contributed by atoms with Gasteiger partial charge in [-0.15, -0.1) is 0 Å². The fourth-order valence-corrected chi connectivity index (χ4v) is 3.61. The van der Waals surface area contributed by atoms with Gasteiger partial charge in [0.25, 0.3) is 0 Å². The number of carbonyl (C=O) groups excluding carboxylic acids is 1. The van der Waals surface area contributed by atoms with Crippen molar-refractivity contribution in [3.8, 4) is 0 Å². The molecule has 0 saturated heterocycles. The van der Waals surface area contributed by atoms with E-state index >= 15 is 0 Å². The normalized spacial score (nSPS) is 24.1. The molecule has 2 aromatic heterocycles. The quantitative estimate of drug-likeness (QED) is 0.776. The molecule has 5 nitrogen and oxygen atoms in total. The lowest BCUT2D eigenvalue weighted by Gasteiger charge is -2.47. The summed E-state index contributed by atoms with van der Waals surface area (Å²) >= 11 is 0. The van der Waals surface area contributed by atoms with Gasteiger partial charge in [0.1, 0.15) is 0 Å². The van der Waals surface area contributed by atoms with Crippen LogP contribution in [0.25, 0.3) is 10.9 Å². The van der Waals surface area contributed by atoms with Crippen molar-refractivity contribution in [1.82, 2.24) is 15.2 Å². The van der Waals surface area contributed by atoms with E-state index in [1.807, 2.05) is 36.5 Å². The number of amides is 1. The Balaban J connectivity index is 1.85. The third kappa shape index (κ3) is 1.68. The molecular formula is C17H16N4O. The van der Waals surface area contributed by atoms with E-state index in [1.54, 1.807) is 12.4 Å². The molecule has 1 saturated carbocycles. The van der Waals surface area contributed by atoms with Crippen LogP contribution in [0.2, 0.25) is 0 Å². The highest BCUT2D eigenvalue weighted by Gasteiger charge is 2.53. The molecule has 1 aliphatic carbocycles. The third-order valence-corrected chi connectivity index (χ3v) is 4.90. The second kappa shape index (κ2) is 4.66. The monoisotopic (exact) mass is 292 g/mol. The van der Waals surface area contributed by atoms with Gasteiger partial charge in [0.15, 0.2) is 0 Å². The van der Waals surface area contributed by atoms with Crippen LogP contribution in [0.3, 0.4) is 0 Å². The first-order valence-corrected chi connectivity index (χ1v) is 7.35. The topological polar surface area (TPSA) is 84.7 Å². The maximum absolute atomic E-state index is 12.3. The minimum Gasteiger partial charge on any atom is -0.369 e. The summed E-state index contributed by atoms with van der Waals surface area (Å²) < 4.78 is 0. The number of hydrogen-bond acceptors (Lipinski definition) is 3. The predicted octanol–water partition coefficient (Wildman–Crippen LogP) is 2.26. The Morgan fingerprint density at radius 2 is 2.23 bits per heavy atom. The maximum atomic E-state index is 12.3. The fraction of sp³-hybridized carbons (Fsp3) is 0.235. The Hall–Kier alpha value is -2.69. The highest BCUT2D eigenvalue weighted by molar-refractivity contribution is 5.91. The number of benzene rings is 1. The Labute approximate surface area is 127 Å². The minimum absolute atomic E-state index is 0.0862. The molecule has 2 atom stereocenters. The number of fused-ring (bicyclic) bond motifs is 1. The molecule has 1 aliphatic rings. The Kier molecular flexibility index (Phi) is 2.76. The summed E-state index contributed by atoms with van der Waals surface area (Å²) in [4.78, 5) is 16.5. The SMILES string of the molecule is NC(=O)C1(c2ccc3[nH]ncc3c2)CCC1c1cccnc1. The van der Waals surface area contributed by atoms with Crippen LogP contribution < -0.4 is 5.73 Å². The Morgan fingerprint density at radius 3 is 2.91 bits per heavy atom. The largest absolute Gasteiger partial charge is 0.369 e. The molecule has 5 heteroatoms. The fourth-order valence-electron chi connectivity index (χ4n) is 3.61. The zero-order valence-corrected chi connectivity index (χ0v) is 12.0. The number of nitrogens with two attached hydrogens (primary N) is 1. The van der Waals surface area contributed by atoms with E-state index in [9.17, 15) is 4.79 Å². The van der Waals surface area contributed by atoms with Crippen LogP contribution in [0.15, 0.2) is 48.9 Å². The van der Waals surface area contributed by atoms with Crippen LogP contribution in [0.4, 0.5) is 0 Å². The molecule has 0 spiro atoms. The summed E-state index contributed by atoms with van der Waals surface area (Å²) in [5, 5.41) is 7.96. The zero-order chi connectivity index (χ0) is 15.2. The van der Waals surface area contributed by atoms with Crippen molar-refractivity contribution in [2.75, 3.05) is 0 Å². The molecule has 0 radical (unpaired) electrons. The zero-order valence-electron chi connectivity index (χ0n) is 12.0. The first-order valence-electron chi connectivity index (χ1n) is 7.35. The second-order valence-corrected chi connectivity index (χ2v) is 5.89. The van der Waals surface area contributed by atoms with E-state index in [0.29, 0.717) is 0 Å².